The summed E-state index contributed by atoms with van der Waals surface area (Å²) >= 11 is 0. The highest BCUT2D eigenvalue weighted by molar-refractivity contribution is 6.06. The molecule has 0 radical (unpaired) electrons. The Morgan fingerprint density at radius 3 is 2.40 bits per heavy atom. The van der Waals surface area contributed by atoms with E-state index in [0.717, 1.165) is 41.2 Å². The van der Waals surface area contributed by atoms with Gasteiger partial charge < -0.3 is 10.1 Å². The first kappa shape index (κ1) is 20.2. The number of nitrogens with zero attached hydrogens (tertiary/aromatic N) is 3. The second-order valence-electron chi connectivity index (χ2n) is 7.81. The van der Waals surface area contributed by atoms with Gasteiger partial charge in [0.25, 0.3) is 5.91 Å². The van der Waals surface area contributed by atoms with Crippen LogP contribution in [0.25, 0.3) is 11.1 Å². The molecular weight excluding hydrogens is 376 g/mol. The zero-order chi connectivity index (χ0) is 20.9. The number of rotatable bonds is 5. The van der Waals surface area contributed by atoms with E-state index in [2.05, 4.69) is 20.3 Å². The zero-order valence-corrected chi connectivity index (χ0v) is 17.3. The van der Waals surface area contributed by atoms with Crippen LogP contribution in [0.4, 0.5) is 5.69 Å². The van der Waals surface area contributed by atoms with E-state index in [1.54, 1.807) is 12.4 Å². The van der Waals surface area contributed by atoms with Crippen LogP contribution in [0.5, 0.6) is 0 Å². The number of nitrogens with one attached hydrogen (secondary N) is 1. The van der Waals surface area contributed by atoms with E-state index in [-0.39, 0.29) is 17.7 Å². The Morgan fingerprint density at radius 2 is 1.73 bits per heavy atom. The first-order chi connectivity index (χ1) is 14.6. The molecule has 154 valence electrons. The van der Waals surface area contributed by atoms with Crippen molar-refractivity contribution >= 4 is 11.6 Å². The number of benzene rings is 1. The summed E-state index contributed by atoms with van der Waals surface area (Å²) in [5.74, 6) is 0.951. The lowest BCUT2D eigenvalue weighted by molar-refractivity contribution is 0.0846. The van der Waals surface area contributed by atoms with Crippen LogP contribution in [-0.4, -0.2) is 34.1 Å². The Morgan fingerprint density at radius 1 is 1.03 bits per heavy atom. The van der Waals surface area contributed by atoms with Gasteiger partial charge >= 0.3 is 0 Å². The minimum Gasteiger partial charge on any atom is -0.381 e. The fraction of sp³-hybridized carbons (Fsp3) is 0.333. The van der Waals surface area contributed by atoms with Gasteiger partial charge in [0.15, 0.2) is 0 Å². The summed E-state index contributed by atoms with van der Waals surface area (Å²) in [5, 5.41) is 3.12. The molecule has 0 bridgehead atoms. The molecule has 0 unspecified atom stereocenters. The van der Waals surface area contributed by atoms with Crippen LogP contribution in [-0.2, 0) is 4.74 Å². The second-order valence-corrected chi connectivity index (χ2v) is 7.81. The normalized spacial score (nSPS) is 14.6. The van der Waals surface area contributed by atoms with Crippen LogP contribution in [0.1, 0.15) is 60.4 Å². The summed E-state index contributed by atoms with van der Waals surface area (Å²) in [7, 11) is 0. The Balaban J connectivity index is 1.71. The van der Waals surface area contributed by atoms with Crippen molar-refractivity contribution in [2.24, 2.45) is 0 Å². The van der Waals surface area contributed by atoms with Gasteiger partial charge in [0.1, 0.15) is 5.82 Å². The number of anilines is 1. The predicted molar refractivity (Wildman–Crippen MR) is 117 cm³/mol. The third-order valence-electron chi connectivity index (χ3n) is 5.36. The minimum absolute atomic E-state index is 0.213. The molecule has 3 heterocycles. The molecule has 0 saturated carbocycles. The van der Waals surface area contributed by atoms with Crippen molar-refractivity contribution in [1.82, 2.24) is 15.0 Å². The molecule has 3 aromatic rings. The topological polar surface area (TPSA) is 77.0 Å². The number of ether oxygens (including phenoxy) is 1. The predicted octanol–water partition coefficient (Wildman–Crippen LogP) is 4.81. The number of hydrogen-bond donors (Lipinski definition) is 1. The maximum atomic E-state index is 13.1. The fourth-order valence-corrected chi connectivity index (χ4v) is 3.69. The number of carbonyl (C=O) groups excluding carboxylic acids is 1. The summed E-state index contributed by atoms with van der Waals surface area (Å²) in [4.78, 5) is 26.4. The van der Waals surface area contributed by atoms with E-state index in [9.17, 15) is 4.79 Å². The average Bonchev–Trinajstić information content (AvgIpc) is 2.80. The van der Waals surface area contributed by atoms with Gasteiger partial charge in [-0.15, -0.1) is 0 Å². The molecule has 1 aliphatic rings. The van der Waals surface area contributed by atoms with E-state index in [1.807, 2.05) is 56.4 Å². The zero-order valence-electron chi connectivity index (χ0n) is 17.3. The third kappa shape index (κ3) is 4.39. The van der Waals surface area contributed by atoms with Gasteiger partial charge in [-0.2, -0.15) is 0 Å². The van der Waals surface area contributed by atoms with E-state index < -0.39 is 0 Å². The summed E-state index contributed by atoms with van der Waals surface area (Å²) < 4.78 is 5.53. The van der Waals surface area contributed by atoms with Crippen molar-refractivity contribution in [2.75, 3.05) is 18.5 Å². The van der Waals surface area contributed by atoms with Gasteiger partial charge in [0.2, 0.25) is 0 Å². The molecule has 1 aliphatic heterocycles. The van der Waals surface area contributed by atoms with E-state index >= 15 is 0 Å². The average molecular weight is 402 g/mol. The van der Waals surface area contributed by atoms with Gasteiger partial charge in [0.05, 0.1) is 16.9 Å². The van der Waals surface area contributed by atoms with E-state index in [4.69, 9.17) is 4.74 Å². The largest absolute Gasteiger partial charge is 0.381 e. The number of hydrogen-bond acceptors (Lipinski definition) is 5. The maximum absolute atomic E-state index is 13.1. The summed E-state index contributed by atoms with van der Waals surface area (Å²) in [5.41, 5.74) is 4.09. The van der Waals surface area contributed by atoms with Crippen LogP contribution in [0.15, 0.2) is 55.0 Å². The molecule has 1 aromatic carbocycles. The Bertz CT molecular complexity index is 997. The van der Waals surface area contributed by atoms with Gasteiger partial charge in [0, 0.05) is 49.2 Å². The summed E-state index contributed by atoms with van der Waals surface area (Å²) in [6, 6.07) is 12.0. The standard InChI is InChI=1S/C24H26N4O2/c1-16(2)23-26-14-19(15-27-23)24(29)28-22-20(17-6-4-3-5-7-17)8-11-25-21(22)18-9-12-30-13-10-18/h3-8,11,14-16,18H,9-10,12-13H2,1-2H3,(H,28,29). The number of amides is 1. The highest BCUT2D eigenvalue weighted by Gasteiger charge is 2.24. The maximum Gasteiger partial charge on any atom is 0.258 e. The fourth-order valence-electron chi connectivity index (χ4n) is 3.69. The van der Waals surface area contributed by atoms with Crippen LogP contribution >= 0.6 is 0 Å². The Labute approximate surface area is 176 Å². The molecule has 0 aliphatic carbocycles. The second kappa shape index (κ2) is 9.13. The SMILES string of the molecule is CC(C)c1ncc(C(=O)Nc2c(-c3ccccc3)ccnc2C2CCOCC2)cn1. The molecule has 1 saturated heterocycles. The van der Waals surface area contributed by atoms with Crippen LogP contribution in [0.2, 0.25) is 0 Å². The molecule has 1 amide bonds. The highest BCUT2D eigenvalue weighted by Crippen LogP contribution is 2.37. The smallest absolute Gasteiger partial charge is 0.258 e. The van der Waals surface area contributed by atoms with Gasteiger partial charge in [-0.3, -0.25) is 9.78 Å². The molecule has 6 nitrogen and oxygen atoms in total. The summed E-state index contributed by atoms with van der Waals surface area (Å²) in [6.07, 6.45) is 6.78. The lowest BCUT2D eigenvalue weighted by Crippen LogP contribution is -2.20. The molecule has 1 fully saturated rings. The summed E-state index contributed by atoms with van der Waals surface area (Å²) in [6.45, 7) is 5.47. The van der Waals surface area contributed by atoms with E-state index in [0.29, 0.717) is 18.8 Å². The van der Waals surface area contributed by atoms with Gasteiger partial charge in [-0.25, -0.2) is 9.97 Å². The number of aromatic nitrogens is 3. The molecule has 30 heavy (non-hydrogen) atoms. The molecule has 2 aromatic heterocycles. The highest BCUT2D eigenvalue weighted by atomic mass is 16.5. The first-order valence-electron chi connectivity index (χ1n) is 10.4. The van der Waals surface area contributed by atoms with Crippen molar-refractivity contribution in [3.8, 4) is 11.1 Å². The lowest BCUT2D eigenvalue weighted by atomic mass is 9.91. The lowest BCUT2D eigenvalue weighted by Gasteiger charge is -2.25. The Hall–Kier alpha value is -3.12. The van der Waals surface area contributed by atoms with Crippen molar-refractivity contribution in [3.05, 3.63) is 72.1 Å². The van der Waals surface area contributed by atoms with Crippen LogP contribution in [0.3, 0.4) is 0 Å². The number of pyridine rings is 1. The van der Waals surface area contributed by atoms with Crippen LogP contribution < -0.4 is 5.32 Å². The minimum atomic E-state index is -0.233. The van der Waals surface area contributed by atoms with Crippen LogP contribution in [0, 0.1) is 0 Å². The quantitative estimate of drug-likeness (QED) is 0.663. The molecule has 1 N–H and O–H groups in total. The van der Waals surface area contributed by atoms with Gasteiger partial charge in [-0.05, 0) is 24.5 Å². The molecular formula is C24H26N4O2. The van der Waals surface area contributed by atoms with Crippen molar-refractivity contribution in [1.29, 1.82) is 0 Å². The van der Waals surface area contributed by atoms with Crippen molar-refractivity contribution in [2.45, 2.75) is 38.5 Å². The molecule has 6 heteroatoms. The number of carbonyl (C=O) groups is 1. The Kier molecular flexibility index (Phi) is 6.14. The molecule has 0 spiro atoms. The van der Waals surface area contributed by atoms with Crippen molar-refractivity contribution in [3.63, 3.8) is 0 Å². The molecule has 4 rings (SSSR count). The first-order valence-corrected chi connectivity index (χ1v) is 10.4. The van der Waals surface area contributed by atoms with E-state index in [1.165, 1.54) is 0 Å². The third-order valence-corrected chi connectivity index (χ3v) is 5.36. The van der Waals surface area contributed by atoms with Gasteiger partial charge in [-0.1, -0.05) is 44.2 Å². The van der Waals surface area contributed by atoms with Crippen molar-refractivity contribution < 1.29 is 9.53 Å². The molecule has 0 atom stereocenters. The monoisotopic (exact) mass is 402 g/mol.